The summed E-state index contributed by atoms with van der Waals surface area (Å²) in [6.45, 7) is 4.75. The van der Waals surface area contributed by atoms with E-state index in [4.69, 9.17) is 10.1 Å². The van der Waals surface area contributed by atoms with E-state index < -0.39 is 17.6 Å². The van der Waals surface area contributed by atoms with Gasteiger partial charge in [0.1, 0.15) is 16.6 Å². The third-order valence-electron chi connectivity index (χ3n) is 7.94. The van der Waals surface area contributed by atoms with Gasteiger partial charge in [-0.3, -0.25) is 0 Å². The Morgan fingerprint density at radius 2 is 1.83 bits per heavy atom. The van der Waals surface area contributed by atoms with Crippen LogP contribution in [0.15, 0.2) is 24.3 Å². The van der Waals surface area contributed by atoms with Crippen LogP contribution in [0.3, 0.4) is 0 Å². The molecule has 1 aliphatic carbocycles. The molecule has 6 rings (SSSR count). The first-order valence-electron chi connectivity index (χ1n) is 12.2. The minimum Gasteiger partial charge on any atom is -0.362 e. The number of halogens is 4. The zero-order chi connectivity index (χ0) is 24.3. The highest BCUT2D eigenvalue weighted by atomic mass is 32.1. The van der Waals surface area contributed by atoms with Gasteiger partial charge in [-0.2, -0.15) is 22.6 Å². The third-order valence-corrected chi connectivity index (χ3v) is 8.89. The molecule has 0 N–H and O–H groups in total. The van der Waals surface area contributed by atoms with E-state index in [2.05, 4.69) is 15.3 Å². The number of piperidine rings is 1. The largest absolute Gasteiger partial charge is 0.416 e. The van der Waals surface area contributed by atoms with Crippen molar-refractivity contribution in [2.45, 2.75) is 57.7 Å². The number of hydrogen-bond donors (Lipinski definition) is 0. The lowest BCUT2D eigenvalue weighted by Gasteiger charge is -2.38. The number of aromatic nitrogens is 4. The molecule has 1 saturated heterocycles. The van der Waals surface area contributed by atoms with Crippen molar-refractivity contribution in [3.8, 4) is 0 Å². The second-order valence-electron chi connectivity index (χ2n) is 10.3. The Balaban J connectivity index is 1.22. The zero-order valence-electron chi connectivity index (χ0n) is 19.4. The molecule has 2 aromatic heterocycles. The highest BCUT2D eigenvalue weighted by Crippen LogP contribution is 2.45. The van der Waals surface area contributed by atoms with E-state index >= 15 is 0 Å². The fraction of sp³-hybridized carbons (Fsp3) is 0.560. The van der Waals surface area contributed by atoms with Gasteiger partial charge >= 0.3 is 6.18 Å². The van der Waals surface area contributed by atoms with Crippen molar-refractivity contribution in [2.75, 3.05) is 18.0 Å². The van der Waals surface area contributed by atoms with Crippen LogP contribution >= 0.6 is 11.5 Å². The Hall–Kier alpha value is -2.49. The lowest BCUT2D eigenvalue weighted by atomic mass is 9.82. The topological polar surface area (TPSA) is 46.8 Å². The lowest BCUT2D eigenvalue weighted by molar-refractivity contribution is -0.137. The molecule has 0 radical (unpaired) electrons. The first kappa shape index (κ1) is 22.9. The van der Waals surface area contributed by atoms with Crippen molar-refractivity contribution in [1.82, 2.24) is 19.1 Å². The molecule has 0 spiro atoms. The summed E-state index contributed by atoms with van der Waals surface area (Å²) >= 11 is 1.56. The summed E-state index contributed by atoms with van der Waals surface area (Å²) in [7, 11) is 0. The normalized spacial score (nSPS) is 26.3. The van der Waals surface area contributed by atoms with Crippen molar-refractivity contribution >= 4 is 16.5 Å². The number of nitrogens with zero attached hydrogens (tertiary/aromatic N) is 5. The molecular formula is C25H27F4N5S. The summed E-state index contributed by atoms with van der Waals surface area (Å²) in [5.74, 6) is 1.84. The molecule has 1 aromatic carbocycles. The molecule has 4 atom stereocenters. The Kier molecular flexibility index (Phi) is 5.62. The van der Waals surface area contributed by atoms with Gasteiger partial charge in [0, 0.05) is 32.0 Å². The molecule has 1 saturated carbocycles. The molecule has 0 amide bonds. The third kappa shape index (κ3) is 4.34. The number of benzene rings is 1. The summed E-state index contributed by atoms with van der Waals surface area (Å²) in [4.78, 5) is 7.29. The van der Waals surface area contributed by atoms with Gasteiger partial charge in [0.05, 0.1) is 11.3 Å². The van der Waals surface area contributed by atoms with Crippen LogP contribution in [0.2, 0.25) is 0 Å². The van der Waals surface area contributed by atoms with Crippen molar-refractivity contribution in [3.05, 3.63) is 58.6 Å². The quantitative estimate of drug-likeness (QED) is 0.419. The molecule has 3 aliphatic rings. The van der Waals surface area contributed by atoms with Gasteiger partial charge in [-0.25, -0.2) is 14.1 Å². The SMILES string of the molecule is Cc1cc(N2C[C@H]3CC[C@@H](C2)C3Cc2nc3n(n2)CCCC3c2cc(F)cc(C(F)(F)F)c2)sn1. The summed E-state index contributed by atoms with van der Waals surface area (Å²) in [5, 5.41) is 6.00. The van der Waals surface area contributed by atoms with E-state index in [1.165, 1.54) is 23.9 Å². The van der Waals surface area contributed by atoms with E-state index in [1.807, 2.05) is 11.6 Å². The van der Waals surface area contributed by atoms with E-state index in [0.717, 1.165) is 43.5 Å². The van der Waals surface area contributed by atoms with Crippen molar-refractivity contribution in [1.29, 1.82) is 0 Å². The molecule has 2 unspecified atom stereocenters. The smallest absolute Gasteiger partial charge is 0.362 e. The molecule has 2 bridgehead atoms. The van der Waals surface area contributed by atoms with Crippen molar-refractivity contribution in [2.24, 2.45) is 17.8 Å². The van der Waals surface area contributed by atoms with Gasteiger partial charge in [0.15, 0.2) is 5.82 Å². The van der Waals surface area contributed by atoms with Gasteiger partial charge in [0.25, 0.3) is 0 Å². The van der Waals surface area contributed by atoms with E-state index in [9.17, 15) is 17.6 Å². The standard InChI is InChI=1S/C25H27F4N5S/c1-14-7-23(35-32-14)33-12-15-4-5-16(13-33)21(15)11-22-30-24-20(3-2-6-34(24)31-22)17-8-18(25(27,28)29)10-19(26)9-17/h7-10,15-16,20-21H,2-6,11-13H2,1H3/t15-,16+,20?,21?. The van der Waals surface area contributed by atoms with Crippen molar-refractivity contribution in [3.63, 3.8) is 0 Å². The fourth-order valence-corrected chi connectivity index (χ4v) is 7.12. The summed E-state index contributed by atoms with van der Waals surface area (Å²) in [6, 6.07) is 4.99. The second kappa shape index (κ2) is 8.57. The average Bonchev–Trinajstić information content (AvgIpc) is 3.48. The number of alkyl halides is 3. The second-order valence-corrected chi connectivity index (χ2v) is 11.0. The number of fused-ring (bicyclic) bond motifs is 3. The Morgan fingerprint density at radius 1 is 1.06 bits per heavy atom. The fourth-order valence-electron chi connectivity index (χ4n) is 6.34. The minimum absolute atomic E-state index is 0.324. The molecular weight excluding hydrogens is 478 g/mol. The van der Waals surface area contributed by atoms with Gasteiger partial charge < -0.3 is 4.90 Å². The van der Waals surface area contributed by atoms with Crippen LogP contribution in [-0.2, 0) is 19.1 Å². The van der Waals surface area contributed by atoms with Crippen molar-refractivity contribution < 1.29 is 17.6 Å². The minimum atomic E-state index is -4.59. The van der Waals surface area contributed by atoms with E-state index in [1.54, 1.807) is 11.5 Å². The molecule has 2 aliphatic heterocycles. The molecule has 10 heteroatoms. The van der Waals surface area contributed by atoms with Gasteiger partial charge in [-0.15, -0.1) is 0 Å². The maximum Gasteiger partial charge on any atom is 0.416 e. The number of anilines is 1. The predicted octanol–water partition coefficient (Wildman–Crippen LogP) is 5.83. The van der Waals surface area contributed by atoms with Gasteiger partial charge in [0.2, 0.25) is 0 Å². The molecule has 35 heavy (non-hydrogen) atoms. The molecule has 2 fully saturated rings. The highest BCUT2D eigenvalue weighted by molar-refractivity contribution is 7.10. The molecule has 4 heterocycles. The monoisotopic (exact) mass is 505 g/mol. The van der Waals surface area contributed by atoms with E-state index in [0.29, 0.717) is 48.2 Å². The molecule has 186 valence electrons. The summed E-state index contributed by atoms with van der Waals surface area (Å²) in [5.41, 5.74) is 0.428. The zero-order valence-corrected chi connectivity index (χ0v) is 20.2. The number of hydrogen-bond acceptors (Lipinski definition) is 5. The van der Waals surface area contributed by atoms with Crippen LogP contribution in [0.25, 0.3) is 0 Å². The van der Waals surface area contributed by atoms with Crippen LogP contribution < -0.4 is 4.90 Å². The van der Waals surface area contributed by atoms with Crippen LogP contribution in [-0.4, -0.2) is 32.2 Å². The number of aryl methyl sites for hydroxylation is 2. The van der Waals surface area contributed by atoms with E-state index in [-0.39, 0.29) is 5.92 Å². The lowest BCUT2D eigenvalue weighted by Crippen LogP contribution is -2.42. The summed E-state index contributed by atoms with van der Waals surface area (Å²) in [6.07, 6.45) is 0.00456. The maximum atomic E-state index is 14.1. The highest BCUT2D eigenvalue weighted by Gasteiger charge is 2.43. The Labute approximate surface area is 205 Å². The first-order chi connectivity index (χ1) is 16.7. The predicted molar refractivity (Wildman–Crippen MR) is 125 cm³/mol. The average molecular weight is 506 g/mol. The summed E-state index contributed by atoms with van der Waals surface area (Å²) < 4.78 is 60.2. The van der Waals surface area contributed by atoms with Crippen LogP contribution in [0.1, 0.15) is 60.1 Å². The molecule has 3 aromatic rings. The molecule has 5 nitrogen and oxygen atoms in total. The van der Waals surface area contributed by atoms with Crippen LogP contribution in [0, 0.1) is 30.5 Å². The van der Waals surface area contributed by atoms with Gasteiger partial charge in [-0.05, 0) is 91.7 Å². The maximum absolute atomic E-state index is 14.1. The van der Waals surface area contributed by atoms with Gasteiger partial charge in [-0.1, -0.05) is 0 Å². The van der Waals surface area contributed by atoms with Crippen LogP contribution in [0.5, 0.6) is 0 Å². The Morgan fingerprint density at radius 3 is 2.51 bits per heavy atom. The Bertz CT molecular complexity index is 1220. The van der Waals surface area contributed by atoms with Crippen LogP contribution in [0.4, 0.5) is 22.6 Å². The number of rotatable bonds is 4. The first-order valence-corrected chi connectivity index (χ1v) is 13.0.